The zero-order valence-corrected chi connectivity index (χ0v) is 26.5. The van der Waals surface area contributed by atoms with E-state index < -0.39 is 0 Å². The van der Waals surface area contributed by atoms with E-state index >= 15 is 0 Å². The molecule has 49 heavy (non-hydrogen) atoms. The maximum absolute atomic E-state index is 6.68. The SMILES string of the molecule is c1ccc(-c2cc(-c3ccccc3)cc(N(c3ccc4c(c3)oc3ccccc34)c3cccc4oc5c6ccccc6ccc5c34)c2)cc1. The molecule has 230 valence electrons. The number of nitrogens with zero attached hydrogens (tertiary/aromatic N) is 1. The Hall–Kier alpha value is -6.58. The molecule has 0 radical (unpaired) electrons. The molecule has 0 aliphatic rings. The third-order valence-corrected chi connectivity index (χ3v) is 9.62. The van der Waals surface area contributed by atoms with Crippen LogP contribution in [-0.2, 0) is 0 Å². The first-order chi connectivity index (χ1) is 24.3. The number of hydrogen-bond acceptors (Lipinski definition) is 3. The molecule has 10 rings (SSSR count). The second kappa shape index (κ2) is 11.0. The van der Waals surface area contributed by atoms with Crippen LogP contribution in [0.1, 0.15) is 0 Å². The highest BCUT2D eigenvalue weighted by molar-refractivity contribution is 6.20. The molecule has 0 aliphatic heterocycles. The average Bonchev–Trinajstić information content (AvgIpc) is 3.74. The molecule has 0 saturated carbocycles. The highest BCUT2D eigenvalue weighted by Crippen LogP contribution is 2.46. The summed E-state index contributed by atoms with van der Waals surface area (Å²) in [5.41, 5.74) is 11.2. The van der Waals surface area contributed by atoms with Gasteiger partial charge in [-0.15, -0.1) is 0 Å². The predicted octanol–water partition coefficient (Wildman–Crippen LogP) is 13.4. The summed E-state index contributed by atoms with van der Waals surface area (Å²) in [7, 11) is 0. The van der Waals surface area contributed by atoms with E-state index in [1.165, 1.54) is 0 Å². The van der Waals surface area contributed by atoms with Crippen molar-refractivity contribution >= 4 is 71.7 Å². The van der Waals surface area contributed by atoms with Crippen LogP contribution in [0.2, 0.25) is 0 Å². The summed E-state index contributed by atoms with van der Waals surface area (Å²) >= 11 is 0. The molecule has 0 bridgehead atoms. The van der Waals surface area contributed by atoms with Crippen LogP contribution in [0.3, 0.4) is 0 Å². The largest absolute Gasteiger partial charge is 0.456 e. The molecular weight excluding hydrogens is 599 g/mol. The Morgan fingerprint density at radius 2 is 0.980 bits per heavy atom. The summed E-state index contributed by atoms with van der Waals surface area (Å²) in [5.74, 6) is 0. The summed E-state index contributed by atoms with van der Waals surface area (Å²) in [5, 5.41) is 6.63. The van der Waals surface area contributed by atoms with Crippen LogP contribution in [0.15, 0.2) is 185 Å². The lowest BCUT2D eigenvalue weighted by Crippen LogP contribution is -2.10. The predicted molar refractivity (Wildman–Crippen MR) is 204 cm³/mol. The van der Waals surface area contributed by atoms with Gasteiger partial charge in [-0.25, -0.2) is 0 Å². The molecule has 0 spiro atoms. The lowest BCUT2D eigenvalue weighted by molar-refractivity contribution is 0.669. The molecule has 2 heterocycles. The minimum atomic E-state index is 0.848. The first-order valence-electron chi connectivity index (χ1n) is 16.6. The van der Waals surface area contributed by atoms with E-state index in [1.807, 2.05) is 12.1 Å². The van der Waals surface area contributed by atoms with Gasteiger partial charge in [0, 0.05) is 39.0 Å². The van der Waals surface area contributed by atoms with Gasteiger partial charge in [0.2, 0.25) is 0 Å². The number of para-hydroxylation sites is 1. The summed E-state index contributed by atoms with van der Waals surface area (Å²) < 4.78 is 13.1. The van der Waals surface area contributed by atoms with E-state index in [0.717, 1.165) is 94.0 Å². The van der Waals surface area contributed by atoms with Gasteiger partial charge in [-0.2, -0.15) is 0 Å². The van der Waals surface area contributed by atoms with Gasteiger partial charge in [-0.05, 0) is 82.2 Å². The van der Waals surface area contributed by atoms with Gasteiger partial charge in [-0.3, -0.25) is 0 Å². The molecule has 0 saturated heterocycles. The van der Waals surface area contributed by atoms with Crippen LogP contribution in [0.25, 0.3) is 76.9 Å². The maximum Gasteiger partial charge on any atom is 0.143 e. The molecule has 0 atom stereocenters. The van der Waals surface area contributed by atoms with E-state index in [9.17, 15) is 0 Å². The van der Waals surface area contributed by atoms with Crippen LogP contribution in [-0.4, -0.2) is 0 Å². The molecular formula is C46H29NO2. The van der Waals surface area contributed by atoms with Gasteiger partial charge in [-0.1, -0.05) is 115 Å². The van der Waals surface area contributed by atoms with E-state index in [1.54, 1.807) is 0 Å². The normalized spacial score (nSPS) is 11.7. The number of benzene rings is 8. The fourth-order valence-corrected chi connectivity index (χ4v) is 7.34. The third kappa shape index (κ3) is 4.51. The number of fused-ring (bicyclic) bond motifs is 8. The van der Waals surface area contributed by atoms with Crippen LogP contribution >= 0.6 is 0 Å². The van der Waals surface area contributed by atoms with Crippen LogP contribution in [0.4, 0.5) is 17.1 Å². The van der Waals surface area contributed by atoms with E-state index in [-0.39, 0.29) is 0 Å². The van der Waals surface area contributed by atoms with Gasteiger partial charge in [0.25, 0.3) is 0 Å². The van der Waals surface area contributed by atoms with Crippen molar-refractivity contribution in [2.75, 3.05) is 4.90 Å². The molecule has 0 aliphatic carbocycles. The molecule has 2 aromatic heterocycles. The average molecular weight is 628 g/mol. The van der Waals surface area contributed by atoms with E-state index in [2.05, 4.69) is 169 Å². The van der Waals surface area contributed by atoms with Crippen LogP contribution in [0, 0.1) is 0 Å². The van der Waals surface area contributed by atoms with Crippen molar-refractivity contribution in [3.05, 3.63) is 176 Å². The maximum atomic E-state index is 6.68. The van der Waals surface area contributed by atoms with Crippen molar-refractivity contribution in [2.45, 2.75) is 0 Å². The molecule has 0 N–H and O–H groups in total. The molecule has 10 aromatic rings. The van der Waals surface area contributed by atoms with Crippen LogP contribution < -0.4 is 4.90 Å². The first kappa shape index (κ1) is 27.5. The van der Waals surface area contributed by atoms with Gasteiger partial charge < -0.3 is 13.7 Å². The van der Waals surface area contributed by atoms with Crippen molar-refractivity contribution < 1.29 is 8.83 Å². The number of furan rings is 2. The first-order valence-corrected chi connectivity index (χ1v) is 16.6. The molecule has 0 amide bonds. The topological polar surface area (TPSA) is 29.5 Å². The van der Waals surface area contributed by atoms with Crippen LogP contribution in [0.5, 0.6) is 0 Å². The highest BCUT2D eigenvalue weighted by atomic mass is 16.3. The Kier molecular flexibility index (Phi) is 6.18. The standard InChI is InChI=1S/C46H29NO2/c1-3-12-30(13-4-1)33-26-34(31-14-5-2-6-15-31)28-36(27-33)47(35-23-25-39-38-18-9-10-20-42(38)48-44(39)29-35)41-19-11-21-43-45(41)40-24-22-32-16-7-8-17-37(32)46(40)49-43/h1-29H. The second-order valence-electron chi connectivity index (χ2n) is 12.5. The summed E-state index contributed by atoms with van der Waals surface area (Å²) in [4.78, 5) is 2.36. The van der Waals surface area contributed by atoms with Crippen molar-refractivity contribution in [2.24, 2.45) is 0 Å². The Morgan fingerprint density at radius 1 is 0.347 bits per heavy atom. The Balaban J connectivity index is 1.29. The summed E-state index contributed by atoms with van der Waals surface area (Å²) in [6.45, 7) is 0. The zero-order valence-electron chi connectivity index (χ0n) is 26.5. The fraction of sp³-hybridized carbons (Fsp3) is 0. The van der Waals surface area contributed by atoms with Crippen molar-refractivity contribution in [3.8, 4) is 22.3 Å². The van der Waals surface area contributed by atoms with Gasteiger partial charge >= 0.3 is 0 Å². The minimum absolute atomic E-state index is 0.848. The second-order valence-corrected chi connectivity index (χ2v) is 12.5. The quantitative estimate of drug-likeness (QED) is 0.190. The zero-order chi connectivity index (χ0) is 32.3. The lowest BCUT2D eigenvalue weighted by Gasteiger charge is -2.27. The van der Waals surface area contributed by atoms with Crippen molar-refractivity contribution in [1.29, 1.82) is 0 Å². The van der Waals surface area contributed by atoms with E-state index in [4.69, 9.17) is 8.83 Å². The Bertz CT molecular complexity index is 2770. The van der Waals surface area contributed by atoms with E-state index in [0.29, 0.717) is 0 Å². The minimum Gasteiger partial charge on any atom is -0.456 e. The molecule has 3 heteroatoms. The lowest BCUT2D eigenvalue weighted by atomic mass is 9.97. The number of anilines is 3. The number of hydrogen-bond donors (Lipinski definition) is 0. The molecule has 3 nitrogen and oxygen atoms in total. The highest BCUT2D eigenvalue weighted by Gasteiger charge is 2.22. The smallest absolute Gasteiger partial charge is 0.143 e. The monoisotopic (exact) mass is 627 g/mol. The molecule has 0 unspecified atom stereocenters. The molecule has 0 fully saturated rings. The van der Waals surface area contributed by atoms with Gasteiger partial charge in [0.1, 0.15) is 22.3 Å². The van der Waals surface area contributed by atoms with Gasteiger partial charge in [0.15, 0.2) is 0 Å². The van der Waals surface area contributed by atoms with Crippen molar-refractivity contribution in [3.63, 3.8) is 0 Å². The number of rotatable bonds is 5. The third-order valence-electron chi connectivity index (χ3n) is 9.62. The fourth-order valence-electron chi connectivity index (χ4n) is 7.34. The molecule has 8 aromatic carbocycles. The Labute approximate surface area is 282 Å². The summed E-state index contributed by atoms with van der Waals surface area (Å²) in [6, 6.07) is 62.1. The summed E-state index contributed by atoms with van der Waals surface area (Å²) in [6.07, 6.45) is 0. The Morgan fingerprint density at radius 3 is 1.76 bits per heavy atom. The van der Waals surface area contributed by atoms with Crippen molar-refractivity contribution in [1.82, 2.24) is 0 Å². The van der Waals surface area contributed by atoms with Gasteiger partial charge in [0.05, 0.1) is 11.1 Å².